The summed E-state index contributed by atoms with van der Waals surface area (Å²) in [4.78, 5) is 19.8. The third kappa shape index (κ3) is 4.36. The van der Waals surface area contributed by atoms with E-state index in [0.29, 0.717) is 13.0 Å². The van der Waals surface area contributed by atoms with E-state index in [2.05, 4.69) is 15.3 Å². The highest BCUT2D eigenvalue weighted by Gasteiger charge is 2.12. The van der Waals surface area contributed by atoms with Gasteiger partial charge in [-0.3, -0.25) is 4.79 Å². The molecule has 118 valence electrons. The lowest BCUT2D eigenvalue weighted by Gasteiger charge is -2.10. The molecule has 0 bridgehead atoms. The first kappa shape index (κ1) is 15.6. The van der Waals surface area contributed by atoms with E-state index in [1.165, 1.54) is 0 Å². The number of nitrogens with one attached hydrogen (secondary N) is 2. The Morgan fingerprint density at radius 3 is 2.70 bits per heavy atom. The molecule has 3 rings (SSSR count). The number of hydrogen-bond acceptors (Lipinski definition) is 3. The largest absolute Gasteiger partial charge is 0.352 e. The van der Waals surface area contributed by atoms with Crippen LogP contribution in [0.5, 0.6) is 0 Å². The van der Waals surface area contributed by atoms with Gasteiger partial charge in [0.2, 0.25) is 5.91 Å². The van der Waals surface area contributed by atoms with Gasteiger partial charge in [-0.25, -0.2) is 4.98 Å². The molecule has 1 unspecified atom stereocenters. The van der Waals surface area contributed by atoms with Gasteiger partial charge in [0.05, 0.1) is 11.0 Å². The van der Waals surface area contributed by atoms with E-state index < -0.39 is 0 Å². The van der Waals surface area contributed by atoms with Crippen LogP contribution in [-0.4, -0.2) is 21.1 Å². The molecule has 0 fully saturated rings. The summed E-state index contributed by atoms with van der Waals surface area (Å²) in [6.07, 6.45) is 0.467. The van der Waals surface area contributed by atoms with E-state index in [0.717, 1.165) is 21.8 Å². The molecule has 2 N–H and O–H groups in total. The maximum Gasteiger partial charge on any atom is 0.221 e. The predicted molar refractivity (Wildman–Crippen MR) is 94.3 cm³/mol. The van der Waals surface area contributed by atoms with Crippen molar-refractivity contribution < 1.29 is 4.79 Å². The number of carbonyl (C=O) groups excluding carboxylic acids is 1. The molecule has 0 spiro atoms. The average Bonchev–Trinajstić information content (AvgIpc) is 2.96. The van der Waals surface area contributed by atoms with Crippen molar-refractivity contribution in [2.45, 2.75) is 30.3 Å². The second-order valence-electron chi connectivity index (χ2n) is 5.45. The molecule has 0 saturated heterocycles. The van der Waals surface area contributed by atoms with Crippen molar-refractivity contribution in [3.8, 4) is 0 Å². The first-order valence-electron chi connectivity index (χ1n) is 7.63. The van der Waals surface area contributed by atoms with Crippen molar-refractivity contribution in [1.82, 2.24) is 15.3 Å². The number of benzene rings is 2. The Morgan fingerprint density at radius 2 is 1.91 bits per heavy atom. The van der Waals surface area contributed by atoms with Gasteiger partial charge in [0.1, 0.15) is 0 Å². The summed E-state index contributed by atoms with van der Waals surface area (Å²) in [6, 6.07) is 17.9. The number of aromatic nitrogens is 2. The third-order valence-corrected chi connectivity index (χ3v) is 4.47. The average molecular weight is 325 g/mol. The Morgan fingerprint density at radius 1 is 1.17 bits per heavy atom. The summed E-state index contributed by atoms with van der Waals surface area (Å²) in [5, 5.41) is 3.97. The molecule has 0 aliphatic carbocycles. The van der Waals surface area contributed by atoms with Crippen LogP contribution in [0.1, 0.15) is 18.9 Å². The predicted octanol–water partition coefficient (Wildman–Crippen LogP) is 3.75. The van der Waals surface area contributed by atoms with Crippen molar-refractivity contribution in [3.05, 3.63) is 60.2 Å². The summed E-state index contributed by atoms with van der Waals surface area (Å²) in [5.41, 5.74) is 3.09. The zero-order valence-electron chi connectivity index (χ0n) is 13.0. The van der Waals surface area contributed by atoms with E-state index in [4.69, 9.17) is 0 Å². The fourth-order valence-corrected chi connectivity index (χ4v) is 3.28. The maximum absolute atomic E-state index is 12.0. The van der Waals surface area contributed by atoms with Crippen molar-refractivity contribution in [2.75, 3.05) is 0 Å². The van der Waals surface area contributed by atoms with E-state index in [1.807, 2.05) is 61.5 Å². The highest BCUT2D eigenvalue weighted by molar-refractivity contribution is 7.99. The molecule has 1 heterocycles. The first-order valence-corrected chi connectivity index (χ1v) is 8.51. The Labute approximate surface area is 139 Å². The lowest BCUT2D eigenvalue weighted by atomic mass is 10.2. The molecule has 1 aromatic heterocycles. The minimum absolute atomic E-state index is 0.0602. The minimum atomic E-state index is 0.0602. The standard InChI is InChI=1S/C18H19N3OS/c1-13(11-17(22)19-12-14-7-3-2-4-8-14)23-18-20-15-9-5-6-10-16(15)21-18/h2-10,13H,11-12H2,1H3,(H,19,22)(H,20,21). The summed E-state index contributed by atoms with van der Waals surface area (Å²) >= 11 is 1.59. The van der Waals surface area contributed by atoms with Crippen LogP contribution in [0, 0.1) is 0 Å². The van der Waals surface area contributed by atoms with Crippen LogP contribution >= 0.6 is 11.8 Å². The quantitative estimate of drug-likeness (QED) is 0.679. The molecular weight excluding hydrogens is 306 g/mol. The molecule has 2 aromatic carbocycles. The molecule has 4 nitrogen and oxygen atoms in total. The van der Waals surface area contributed by atoms with E-state index >= 15 is 0 Å². The summed E-state index contributed by atoms with van der Waals surface area (Å²) in [6.45, 7) is 2.61. The van der Waals surface area contributed by atoms with E-state index in [1.54, 1.807) is 11.8 Å². The zero-order chi connectivity index (χ0) is 16.1. The molecule has 5 heteroatoms. The fourth-order valence-electron chi connectivity index (χ4n) is 2.35. The van der Waals surface area contributed by atoms with Crippen LogP contribution in [0.15, 0.2) is 59.8 Å². The van der Waals surface area contributed by atoms with Gasteiger partial charge >= 0.3 is 0 Å². The number of rotatable bonds is 6. The lowest BCUT2D eigenvalue weighted by molar-refractivity contribution is -0.121. The van der Waals surface area contributed by atoms with Crippen LogP contribution in [0.3, 0.4) is 0 Å². The van der Waals surface area contributed by atoms with Crippen LogP contribution in [0.25, 0.3) is 11.0 Å². The van der Waals surface area contributed by atoms with Gasteiger partial charge in [-0.15, -0.1) is 0 Å². The maximum atomic E-state index is 12.0. The first-order chi connectivity index (χ1) is 11.2. The minimum Gasteiger partial charge on any atom is -0.352 e. The monoisotopic (exact) mass is 325 g/mol. The number of nitrogens with zero attached hydrogens (tertiary/aromatic N) is 1. The number of carbonyl (C=O) groups is 1. The summed E-state index contributed by atoms with van der Waals surface area (Å²) in [7, 11) is 0. The number of imidazole rings is 1. The number of para-hydroxylation sites is 2. The van der Waals surface area contributed by atoms with Crippen LogP contribution in [-0.2, 0) is 11.3 Å². The SMILES string of the molecule is CC(CC(=O)NCc1ccccc1)Sc1nc2ccccc2[nH]1. The lowest BCUT2D eigenvalue weighted by Crippen LogP contribution is -2.25. The van der Waals surface area contributed by atoms with Crippen molar-refractivity contribution in [3.63, 3.8) is 0 Å². The number of hydrogen-bond donors (Lipinski definition) is 2. The van der Waals surface area contributed by atoms with Crippen molar-refractivity contribution >= 4 is 28.7 Å². The van der Waals surface area contributed by atoms with Gasteiger partial charge in [-0.05, 0) is 17.7 Å². The molecule has 3 aromatic rings. The molecule has 1 amide bonds. The highest BCUT2D eigenvalue weighted by atomic mass is 32.2. The van der Waals surface area contributed by atoms with Gasteiger partial charge in [0.25, 0.3) is 0 Å². The summed E-state index contributed by atoms with van der Waals surface area (Å²) < 4.78 is 0. The second-order valence-corrected chi connectivity index (χ2v) is 6.88. The van der Waals surface area contributed by atoms with E-state index in [9.17, 15) is 4.79 Å². The van der Waals surface area contributed by atoms with Gasteiger partial charge in [-0.1, -0.05) is 61.2 Å². The number of thioether (sulfide) groups is 1. The Bertz CT molecular complexity index is 752. The number of H-pyrrole nitrogens is 1. The van der Waals surface area contributed by atoms with Gasteiger partial charge in [0.15, 0.2) is 5.16 Å². The summed E-state index contributed by atoms with van der Waals surface area (Å²) in [5.74, 6) is 0.0602. The Hall–Kier alpha value is -2.27. The Balaban J connectivity index is 1.50. The van der Waals surface area contributed by atoms with Crippen LogP contribution in [0.4, 0.5) is 0 Å². The van der Waals surface area contributed by atoms with Crippen molar-refractivity contribution in [1.29, 1.82) is 0 Å². The molecule has 23 heavy (non-hydrogen) atoms. The van der Waals surface area contributed by atoms with Crippen molar-refractivity contribution in [2.24, 2.45) is 0 Å². The molecule has 0 aliphatic rings. The highest BCUT2D eigenvalue weighted by Crippen LogP contribution is 2.24. The Kier molecular flexibility index (Phi) is 4.98. The molecule has 0 radical (unpaired) electrons. The van der Waals surface area contributed by atoms with Gasteiger partial charge in [-0.2, -0.15) is 0 Å². The van der Waals surface area contributed by atoms with Crippen LogP contribution in [0.2, 0.25) is 0 Å². The normalized spacial score (nSPS) is 12.2. The number of fused-ring (bicyclic) bond motifs is 1. The van der Waals surface area contributed by atoms with E-state index in [-0.39, 0.29) is 11.2 Å². The number of aromatic amines is 1. The molecule has 0 aliphatic heterocycles. The molecule has 1 atom stereocenters. The smallest absolute Gasteiger partial charge is 0.221 e. The van der Waals surface area contributed by atoms with Gasteiger partial charge < -0.3 is 10.3 Å². The van der Waals surface area contributed by atoms with Crippen LogP contribution < -0.4 is 5.32 Å². The fraction of sp³-hybridized carbons (Fsp3) is 0.222. The molecular formula is C18H19N3OS. The zero-order valence-corrected chi connectivity index (χ0v) is 13.8. The molecule has 0 saturated carbocycles. The second kappa shape index (κ2) is 7.33. The topological polar surface area (TPSA) is 57.8 Å². The third-order valence-electron chi connectivity index (χ3n) is 3.49. The number of amides is 1. The van der Waals surface area contributed by atoms with Gasteiger partial charge in [0, 0.05) is 18.2 Å².